The number of hydrogen-bond donors (Lipinski definition) is 1. The van der Waals surface area contributed by atoms with Crippen molar-refractivity contribution in [3.05, 3.63) is 38.9 Å². The molecule has 1 amide bonds. The maximum atomic E-state index is 10.5. The maximum absolute atomic E-state index is 10.5. The molecular formula is C15H14ClLi2N4O5S-. The van der Waals surface area contributed by atoms with Crippen molar-refractivity contribution >= 4 is 46.9 Å². The minimum atomic E-state index is -1.16. The van der Waals surface area contributed by atoms with Gasteiger partial charge in [0.2, 0.25) is 0 Å². The van der Waals surface area contributed by atoms with Crippen LogP contribution in [0.2, 0.25) is 5.02 Å². The van der Waals surface area contributed by atoms with Crippen LogP contribution in [0.25, 0.3) is 0 Å². The predicted octanol–water partition coefficient (Wildman–Crippen LogP) is -5.89. The third-order valence-electron chi connectivity index (χ3n) is 3.16. The van der Waals surface area contributed by atoms with E-state index in [0.717, 1.165) is 36.4 Å². The molecule has 0 saturated heterocycles. The number of likely N-dealkylation sites (N-methyl/N-ethyl adjacent to an activating group) is 1. The van der Waals surface area contributed by atoms with Crippen LogP contribution in [0.15, 0.2) is 18.3 Å². The van der Waals surface area contributed by atoms with Crippen molar-refractivity contribution < 1.29 is 62.7 Å². The largest absolute Gasteiger partial charge is 1.00 e. The topological polar surface area (TPSA) is 145 Å². The number of nitrogens with zero attached hydrogens (tertiary/aromatic N) is 3. The normalized spacial score (nSPS) is 11.8. The summed E-state index contributed by atoms with van der Waals surface area (Å²) in [6.07, 6.45) is 3.36. The van der Waals surface area contributed by atoms with Gasteiger partial charge in [0, 0.05) is 30.6 Å². The third-order valence-corrected chi connectivity index (χ3v) is 4.44. The monoisotopic (exact) mass is 411 g/mol. The Balaban J connectivity index is 0. The molecule has 0 fully saturated rings. The summed E-state index contributed by atoms with van der Waals surface area (Å²) < 4.78 is 0. The van der Waals surface area contributed by atoms with E-state index in [1.165, 1.54) is 23.6 Å². The van der Waals surface area contributed by atoms with Crippen LogP contribution in [0.4, 0.5) is 5.82 Å². The van der Waals surface area contributed by atoms with Gasteiger partial charge in [-0.05, 0) is 19.2 Å². The van der Waals surface area contributed by atoms with E-state index >= 15 is 0 Å². The van der Waals surface area contributed by atoms with Crippen LogP contribution in [0.3, 0.4) is 0 Å². The molecule has 2 aromatic rings. The molecule has 0 saturated carbocycles. The molecular weight excluding hydrogens is 398 g/mol. The molecule has 0 unspecified atom stereocenters. The second kappa shape index (κ2) is 13.9. The Kier molecular flexibility index (Phi) is 14.4. The van der Waals surface area contributed by atoms with Crippen LogP contribution in [0, 0.1) is 0 Å². The van der Waals surface area contributed by atoms with Crippen LogP contribution in [0.1, 0.15) is 20.4 Å². The number of aromatic carboxylic acids is 1. The standard InChI is InChI=1S/C8H10N2O2S.C7H4ClN2O2.2Li.H2O/c1-10-3-2-5-6(4-10)13-7(9-5)8(11)12;8-5-1-2-6(9-3-5)10-7(12)4-11;;;/h2-4H2,1H3,(H,11,12);1-3H,(H,9,10,12);;;1H2/q;-1;2*+1;/p-2. The van der Waals surface area contributed by atoms with Gasteiger partial charge in [-0.1, -0.05) is 11.6 Å². The summed E-state index contributed by atoms with van der Waals surface area (Å²) in [7, 11) is 2.02. The molecule has 0 aliphatic carbocycles. The number of rotatable bonds is 3. The second-order valence-corrected chi connectivity index (χ2v) is 6.60. The fourth-order valence-electron chi connectivity index (χ4n) is 2.00. The van der Waals surface area contributed by atoms with Crippen LogP contribution in [0.5, 0.6) is 0 Å². The van der Waals surface area contributed by atoms with Gasteiger partial charge in [-0.25, -0.2) is 9.97 Å². The van der Waals surface area contributed by atoms with E-state index < -0.39 is 11.9 Å². The van der Waals surface area contributed by atoms with Crippen LogP contribution < -0.4 is 48.1 Å². The summed E-state index contributed by atoms with van der Waals surface area (Å²) in [5.41, 5.74) is 0.933. The SMILES string of the molecule is CN1CCc2nc(C(=O)[O-])sc2C1.O=[C-]C(=O)Nc1ccc(Cl)cn1.[Li+].[Li+].[OH-]. The summed E-state index contributed by atoms with van der Waals surface area (Å²) in [6.45, 7) is 1.75. The number of halogens is 1. The van der Waals surface area contributed by atoms with Gasteiger partial charge in [-0.15, -0.1) is 11.3 Å². The number of carbonyl (C=O) groups excluding carboxylic acids is 3. The fourth-order valence-corrected chi connectivity index (χ4v) is 3.14. The fraction of sp³-hybridized carbons (Fsp3) is 0.267. The molecule has 0 spiro atoms. The first-order valence-corrected chi connectivity index (χ1v) is 8.27. The molecule has 3 rings (SSSR count). The summed E-state index contributed by atoms with van der Waals surface area (Å²) in [4.78, 5) is 41.7. The van der Waals surface area contributed by atoms with E-state index in [1.807, 2.05) is 7.05 Å². The van der Waals surface area contributed by atoms with Crippen molar-refractivity contribution in [2.24, 2.45) is 0 Å². The Hall–Kier alpha value is -1.21. The molecule has 0 bridgehead atoms. The smallest absolute Gasteiger partial charge is 0.870 e. The maximum Gasteiger partial charge on any atom is 1.00 e. The summed E-state index contributed by atoms with van der Waals surface area (Å²) >= 11 is 6.76. The van der Waals surface area contributed by atoms with Crippen LogP contribution in [-0.2, 0) is 22.6 Å². The number of fused-ring (bicyclic) bond motifs is 1. The number of hydrogen-bond acceptors (Lipinski definition) is 9. The van der Waals surface area contributed by atoms with Crippen molar-refractivity contribution in [3.8, 4) is 0 Å². The van der Waals surface area contributed by atoms with E-state index in [-0.39, 0.29) is 54.0 Å². The Bertz CT molecular complexity index is 791. The number of carboxylic acid groups (broad SMARTS) is 1. The zero-order valence-electron chi connectivity index (χ0n) is 15.6. The van der Waals surface area contributed by atoms with E-state index in [0.29, 0.717) is 5.02 Å². The van der Waals surface area contributed by atoms with E-state index in [1.54, 1.807) is 6.07 Å². The first-order valence-electron chi connectivity index (χ1n) is 7.08. The Morgan fingerprint density at radius 1 is 1.36 bits per heavy atom. The summed E-state index contributed by atoms with van der Waals surface area (Å²) in [6, 6.07) is 3.03. The zero-order chi connectivity index (χ0) is 18.4. The van der Waals surface area contributed by atoms with Crippen molar-refractivity contribution in [2.45, 2.75) is 13.0 Å². The Morgan fingerprint density at radius 3 is 2.57 bits per heavy atom. The van der Waals surface area contributed by atoms with Gasteiger partial charge in [0.1, 0.15) is 22.7 Å². The molecule has 0 atom stereocenters. The van der Waals surface area contributed by atoms with Crippen LogP contribution >= 0.6 is 22.9 Å². The molecule has 2 aromatic heterocycles. The molecule has 13 heteroatoms. The van der Waals surface area contributed by atoms with Gasteiger partial charge in [-0.3, -0.25) is 0 Å². The molecule has 3 heterocycles. The second-order valence-electron chi connectivity index (χ2n) is 5.08. The van der Waals surface area contributed by atoms with Crippen molar-refractivity contribution in [2.75, 3.05) is 18.9 Å². The van der Waals surface area contributed by atoms with E-state index in [2.05, 4.69) is 20.2 Å². The molecule has 9 nitrogen and oxygen atoms in total. The van der Waals surface area contributed by atoms with Crippen LogP contribution in [-0.4, -0.2) is 52.1 Å². The molecule has 28 heavy (non-hydrogen) atoms. The summed E-state index contributed by atoms with van der Waals surface area (Å²) in [5, 5.41) is 13.3. The average molecular weight is 412 g/mol. The minimum absolute atomic E-state index is 0. The molecule has 0 aromatic carbocycles. The minimum Gasteiger partial charge on any atom is -0.870 e. The molecule has 1 aliphatic rings. The Morgan fingerprint density at radius 2 is 2.04 bits per heavy atom. The first kappa shape index (κ1) is 29.0. The van der Waals surface area contributed by atoms with Crippen molar-refractivity contribution in [1.82, 2.24) is 14.9 Å². The van der Waals surface area contributed by atoms with Gasteiger partial charge < -0.3 is 35.2 Å². The number of carbonyl (C=O) groups is 2. The number of aromatic nitrogens is 2. The van der Waals surface area contributed by atoms with Gasteiger partial charge in [0.25, 0.3) is 0 Å². The number of nitrogens with one attached hydrogen (secondary N) is 1. The predicted molar refractivity (Wildman–Crippen MR) is 92.0 cm³/mol. The third kappa shape index (κ3) is 8.86. The number of pyridine rings is 1. The Labute approximate surface area is 194 Å². The van der Waals surface area contributed by atoms with E-state index in [9.17, 15) is 19.5 Å². The average Bonchev–Trinajstić information content (AvgIpc) is 3.01. The molecule has 2 N–H and O–H groups in total. The number of carboxylic acids is 1. The zero-order valence-corrected chi connectivity index (χ0v) is 17.1. The number of thiazole rings is 1. The van der Waals surface area contributed by atoms with E-state index in [4.69, 9.17) is 11.6 Å². The summed E-state index contributed by atoms with van der Waals surface area (Å²) in [5.74, 6) is -1.75. The first-order chi connectivity index (χ1) is 11.9. The van der Waals surface area contributed by atoms with Gasteiger partial charge in [-0.2, -0.15) is 6.29 Å². The van der Waals surface area contributed by atoms with Gasteiger partial charge in [0.05, 0.1) is 10.7 Å². The van der Waals surface area contributed by atoms with Gasteiger partial charge >= 0.3 is 37.7 Å². The molecule has 1 aliphatic heterocycles. The number of amides is 1. The van der Waals surface area contributed by atoms with Gasteiger partial charge in [0.15, 0.2) is 0 Å². The van der Waals surface area contributed by atoms with Crippen molar-refractivity contribution in [1.29, 1.82) is 0 Å². The molecule has 140 valence electrons. The van der Waals surface area contributed by atoms with Crippen molar-refractivity contribution in [3.63, 3.8) is 0 Å². The molecule has 0 radical (unpaired) electrons. The quantitative estimate of drug-likeness (QED) is 0.298. The number of anilines is 1.